The topological polar surface area (TPSA) is 38.3 Å². The zero-order valence-electron chi connectivity index (χ0n) is 16.0. The first-order chi connectivity index (χ1) is 13.4. The molecule has 5 heteroatoms. The van der Waals surface area contributed by atoms with Crippen molar-refractivity contribution in [3.8, 4) is 5.75 Å². The van der Waals surface area contributed by atoms with Crippen molar-refractivity contribution < 1.29 is 9.53 Å². The summed E-state index contributed by atoms with van der Waals surface area (Å²) in [6, 6.07) is 21.5. The molecule has 0 fully saturated rings. The van der Waals surface area contributed by atoms with Crippen LogP contribution < -0.4 is 10.1 Å². The van der Waals surface area contributed by atoms with Crippen LogP contribution in [0.2, 0.25) is 5.02 Å². The zero-order valence-corrected chi connectivity index (χ0v) is 17.6. The molecular formula is C23H22ClNO2S. The van der Waals surface area contributed by atoms with Gasteiger partial charge < -0.3 is 10.1 Å². The van der Waals surface area contributed by atoms with E-state index in [4.69, 9.17) is 16.3 Å². The molecule has 0 aliphatic carbocycles. The molecule has 144 valence electrons. The van der Waals surface area contributed by atoms with Crippen molar-refractivity contribution in [3.05, 3.63) is 82.9 Å². The van der Waals surface area contributed by atoms with Crippen LogP contribution in [-0.4, -0.2) is 12.0 Å². The number of aryl methyl sites for hydroxylation is 2. The first-order valence-electron chi connectivity index (χ1n) is 9.00. The van der Waals surface area contributed by atoms with Crippen molar-refractivity contribution in [2.45, 2.75) is 36.7 Å². The van der Waals surface area contributed by atoms with Gasteiger partial charge in [-0.15, -0.1) is 0 Å². The quantitative estimate of drug-likeness (QED) is 0.502. The number of carbonyl (C=O) groups is 1. The number of benzene rings is 3. The third-order valence-electron chi connectivity index (χ3n) is 4.21. The monoisotopic (exact) mass is 411 g/mol. The first kappa shape index (κ1) is 20.3. The number of para-hydroxylation sites is 1. The van der Waals surface area contributed by atoms with E-state index < -0.39 is 6.10 Å². The Morgan fingerprint density at radius 1 is 1.00 bits per heavy atom. The molecule has 0 aromatic heterocycles. The Kier molecular flexibility index (Phi) is 6.65. The summed E-state index contributed by atoms with van der Waals surface area (Å²) in [5.41, 5.74) is 2.61. The fourth-order valence-corrected chi connectivity index (χ4v) is 3.77. The van der Waals surface area contributed by atoms with E-state index in [1.165, 1.54) is 0 Å². The van der Waals surface area contributed by atoms with Gasteiger partial charge in [0.1, 0.15) is 5.75 Å². The molecule has 3 nitrogen and oxygen atoms in total. The van der Waals surface area contributed by atoms with Crippen molar-refractivity contribution in [1.29, 1.82) is 0 Å². The summed E-state index contributed by atoms with van der Waals surface area (Å²) in [5, 5.41) is 3.70. The number of hydrogen-bond donors (Lipinski definition) is 1. The Bertz CT molecular complexity index is 952. The second kappa shape index (κ2) is 9.18. The van der Waals surface area contributed by atoms with Gasteiger partial charge in [0.2, 0.25) is 0 Å². The van der Waals surface area contributed by atoms with Crippen LogP contribution in [0.4, 0.5) is 5.69 Å². The minimum absolute atomic E-state index is 0.202. The Morgan fingerprint density at radius 2 is 1.61 bits per heavy atom. The van der Waals surface area contributed by atoms with E-state index in [0.717, 1.165) is 31.6 Å². The van der Waals surface area contributed by atoms with Crippen LogP contribution in [0.1, 0.15) is 18.1 Å². The third kappa shape index (κ3) is 5.09. The van der Waals surface area contributed by atoms with Gasteiger partial charge in [0, 0.05) is 14.8 Å². The number of halogens is 1. The highest BCUT2D eigenvalue weighted by Gasteiger charge is 2.17. The Morgan fingerprint density at radius 3 is 2.29 bits per heavy atom. The molecule has 3 aromatic carbocycles. The molecule has 0 saturated carbocycles. The Balaban J connectivity index is 1.71. The lowest BCUT2D eigenvalue weighted by Gasteiger charge is -2.17. The van der Waals surface area contributed by atoms with Gasteiger partial charge >= 0.3 is 0 Å². The van der Waals surface area contributed by atoms with Crippen molar-refractivity contribution in [2.75, 3.05) is 5.32 Å². The Hall–Kier alpha value is -2.43. The molecular weight excluding hydrogens is 390 g/mol. The molecule has 0 aliphatic rings. The SMILES string of the molecule is Cc1cc(OC(C)C(=O)Nc2ccccc2Sc2ccccc2)cc(C)c1Cl. The Labute approximate surface area is 175 Å². The predicted octanol–water partition coefficient (Wildman–Crippen LogP) is 6.51. The van der Waals surface area contributed by atoms with Gasteiger partial charge in [-0.05, 0) is 68.3 Å². The summed E-state index contributed by atoms with van der Waals surface area (Å²) in [5.74, 6) is 0.431. The van der Waals surface area contributed by atoms with E-state index in [2.05, 4.69) is 5.32 Å². The minimum atomic E-state index is -0.644. The summed E-state index contributed by atoms with van der Waals surface area (Å²) in [6.07, 6.45) is -0.644. The molecule has 1 N–H and O–H groups in total. The molecule has 0 radical (unpaired) electrons. The van der Waals surface area contributed by atoms with Crippen LogP contribution in [0.15, 0.2) is 76.5 Å². The summed E-state index contributed by atoms with van der Waals surface area (Å²) < 4.78 is 5.85. The summed E-state index contributed by atoms with van der Waals surface area (Å²) in [6.45, 7) is 5.58. The third-order valence-corrected chi connectivity index (χ3v) is 5.89. The molecule has 0 aliphatic heterocycles. The summed E-state index contributed by atoms with van der Waals surface area (Å²) in [7, 11) is 0. The highest BCUT2D eigenvalue weighted by Crippen LogP contribution is 2.33. The second-order valence-corrected chi connectivity index (χ2v) is 8.02. The summed E-state index contributed by atoms with van der Waals surface area (Å²) in [4.78, 5) is 14.8. The van der Waals surface area contributed by atoms with Crippen LogP contribution >= 0.6 is 23.4 Å². The number of rotatable bonds is 6. The highest BCUT2D eigenvalue weighted by atomic mass is 35.5. The largest absolute Gasteiger partial charge is 0.481 e. The fraction of sp³-hybridized carbons (Fsp3) is 0.174. The van der Waals surface area contributed by atoms with Crippen LogP contribution in [0.5, 0.6) is 5.75 Å². The van der Waals surface area contributed by atoms with Gasteiger partial charge in [-0.25, -0.2) is 0 Å². The molecule has 0 spiro atoms. The molecule has 3 aromatic rings. The molecule has 0 heterocycles. The number of ether oxygens (including phenoxy) is 1. The van der Waals surface area contributed by atoms with Gasteiger partial charge in [0.25, 0.3) is 5.91 Å². The van der Waals surface area contributed by atoms with E-state index >= 15 is 0 Å². The van der Waals surface area contributed by atoms with Crippen molar-refractivity contribution in [2.24, 2.45) is 0 Å². The first-order valence-corrected chi connectivity index (χ1v) is 10.2. The lowest BCUT2D eigenvalue weighted by Crippen LogP contribution is -2.30. The predicted molar refractivity (Wildman–Crippen MR) is 117 cm³/mol. The van der Waals surface area contributed by atoms with Gasteiger partial charge in [-0.3, -0.25) is 4.79 Å². The maximum Gasteiger partial charge on any atom is 0.265 e. The van der Waals surface area contributed by atoms with Gasteiger partial charge in [-0.1, -0.05) is 53.7 Å². The van der Waals surface area contributed by atoms with Crippen molar-refractivity contribution >= 4 is 35.0 Å². The lowest BCUT2D eigenvalue weighted by molar-refractivity contribution is -0.122. The standard InChI is InChI=1S/C23H22ClNO2S/c1-15-13-18(14-16(2)22(15)24)27-17(3)23(26)25-20-11-7-8-12-21(20)28-19-9-5-4-6-10-19/h4-14,17H,1-3H3,(H,25,26). The average molecular weight is 412 g/mol. The van der Waals surface area contributed by atoms with Crippen LogP contribution in [0, 0.1) is 13.8 Å². The van der Waals surface area contributed by atoms with Gasteiger partial charge in [0.05, 0.1) is 5.69 Å². The summed E-state index contributed by atoms with van der Waals surface area (Å²) >= 11 is 7.81. The van der Waals surface area contributed by atoms with E-state index in [0.29, 0.717) is 5.75 Å². The maximum absolute atomic E-state index is 12.7. The van der Waals surface area contributed by atoms with E-state index in [-0.39, 0.29) is 5.91 Å². The molecule has 1 unspecified atom stereocenters. The number of anilines is 1. The molecule has 0 saturated heterocycles. The highest BCUT2D eigenvalue weighted by molar-refractivity contribution is 7.99. The normalized spacial score (nSPS) is 11.7. The molecule has 1 atom stereocenters. The molecule has 1 amide bonds. The number of carbonyl (C=O) groups excluding carboxylic acids is 1. The molecule has 0 bridgehead atoms. The van der Waals surface area contributed by atoms with Gasteiger partial charge in [-0.2, -0.15) is 0 Å². The second-order valence-electron chi connectivity index (χ2n) is 6.53. The molecule has 28 heavy (non-hydrogen) atoms. The lowest BCUT2D eigenvalue weighted by atomic mass is 10.1. The van der Waals surface area contributed by atoms with Crippen LogP contribution in [-0.2, 0) is 4.79 Å². The van der Waals surface area contributed by atoms with Crippen molar-refractivity contribution in [1.82, 2.24) is 0 Å². The number of hydrogen-bond acceptors (Lipinski definition) is 3. The number of amides is 1. The molecule has 3 rings (SSSR count). The smallest absolute Gasteiger partial charge is 0.265 e. The van der Waals surface area contributed by atoms with Gasteiger partial charge in [0.15, 0.2) is 6.10 Å². The maximum atomic E-state index is 12.7. The zero-order chi connectivity index (χ0) is 20.1. The van der Waals surface area contributed by atoms with E-state index in [1.54, 1.807) is 18.7 Å². The van der Waals surface area contributed by atoms with Crippen LogP contribution in [0.25, 0.3) is 0 Å². The fourth-order valence-electron chi connectivity index (χ4n) is 2.74. The van der Waals surface area contributed by atoms with Crippen molar-refractivity contribution in [3.63, 3.8) is 0 Å². The average Bonchev–Trinajstić information content (AvgIpc) is 2.68. The van der Waals surface area contributed by atoms with E-state index in [1.807, 2.05) is 80.6 Å². The van der Waals surface area contributed by atoms with E-state index in [9.17, 15) is 4.79 Å². The van der Waals surface area contributed by atoms with Crippen LogP contribution in [0.3, 0.4) is 0 Å². The number of nitrogens with one attached hydrogen (secondary N) is 1. The minimum Gasteiger partial charge on any atom is -0.481 e.